The van der Waals surface area contributed by atoms with Gasteiger partial charge in [-0.2, -0.15) is 0 Å². The van der Waals surface area contributed by atoms with Crippen molar-refractivity contribution >= 4 is 33.3 Å². The van der Waals surface area contributed by atoms with E-state index in [9.17, 15) is 17.6 Å². The topological polar surface area (TPSA) is 99.3 Å². The fourth-order valence-corrected chi connectivity index (χ4v) is 2.65. The molecule has 0 saturated heterocycles. The highest BCUT2D eigenvalue weighted by molar-refractivity contribution is 7.92. The Morgan fingerprint density at radius 3 is 2.60 bits per heavy atom. The number of nitrogens with one attached hydrogen (secondary N) is 2. The maximum absolute atomic E-state index is 13.0. The van der Waals surface area contributed by atoms with Crippen molar-refractivity contribution in [3.05, 3.63) is 47.0 Å². The van der Waals surface area contributed by atoms with Crippen LogP contribution < -0.4 is 4.72 Å². The van der Waals surface area contributed by atoms with Crippen LogP contribution in [0.1, 0.15) is 10.5 Å². The normalized spacial score (nSPS) is 11.3. The van der Waals surface area contributed by atoms with Crippen molar-refractivity contribution in [2.75, 3.05) is 4.72 Å². The van der Waals surface area contributed by atoms with Crippen molar-refractivity contribution in [2.45, 2.75) is 4.90 Å². The third kappa shape index (κ3) is 2.91. The lowest BCUT2D eigenvalue weighted by Gasteiger charge is -2.06. The van der Waals surface area contributed by atoms with Gasteiger partial charge in [0.25, 0.3) is 10.0 Å². The quantitative estimate of drug-likeness (QED) is 0.805. The van der Waals surface area contributed by atoms with E-state index in [0.29, 0.717) is 0 Å². The summed E-state index contributed by atoms with van der Waals surface area (Å²) in [6, 6.07) is 4.29. The molecule has 0 atom stereocenters. The predicted molar refractivity (Wildman–Crippen MR) is 70.0 cm³/mol. The Labute approximate surface area is 118 Å². The number of rotatable bonds is 4. The molecule has 0 bridgehead atoms. The van der Waals surface area contributed by atoms with Crippen molar-refractivity contribution in [1.82, 2.24) is 4.98 Å². The van der Waals surface area contributed by atoms with E-state index < -0.39 is 21.8 Å². The number of carbonyl (C=O) groups is 1. The number of sulfonamides is 1. The monoisotopic (exact) mass is 318 g/mol. The Balaban J connectivity index is 2.30. The lowest BCUT2D eigenvalue weighted by Crippen LogP contribution is -2.12. The molecule has 1 heterocycles. The maximum atomic E-state index is 13.0. The van der Waals surface area contributed by atoms with Crippen LogP contribution in [0.3, 0.4) is 0 Å². The number of carboxylic acids is 1. The van der Waals surface area contributed by atoms with E-state index in [1.807, 2.05) is 0 Å². The molecule has 0 amide bonds. The van der Waals surface area contributed by atoms with Crippen molar-refractivity contribution in [2.24, 2.45) is 0 Å². The summed E-state index contributed by atoms with van der Waals surface area (Å²) in [6.45, 7) is 0. The van der Waals surface area contributed by atoms with E-state index >= 15 is 0 Å². The van der Waals surface area contributed by atoms with Crippen LogP contribution in [-0.2, 0) is 10.0 Å². The van der Waals surface area contributed by atoms with E-state index in [0.717, 1.165) is 24.4 Å². The molecular formula is C11H8ClFN2O4S. The van der Waals surface area contributed by atoms with Crippen LogP contribution in [0.15, 0.2) is 35.4 Å². The summed E-state index contributed by atoms with van der Waals surface area (Å²) in [5.74, 6) is -1.96. The van der Waals surface area contributed by atoms with Gasteiger partial charge in [0.1, 0.15) is 16.4 Å². The summed E-state index contributed by atoms with van der Waals surface area (Å²) in [6.07, 6.45) is 1.04. The molecule has 0 spiro atoms. The summed E-state index contributed by atoms with van der Waals surface area (Å²) >= 11 is 5.54. The predicted octanol–water partition coefficient (Wildman–Crippen LogP) is 2.31. The number of aromatic carboxylic acids is 1. The van der Waals surface area contributed by atoms with Crippen LogP contribution in [0.4, 0.5) is 10.1 Å². The molecule has 2 aromatic rings. The third-order valence-electron chi connectivity index (χ3n) is 2.37. The van der Waals surface area contributed by atoms with Crippen LogP contribution in [-0.4, -0.2) is 24.5 Å². The second-order valence-electron chi connectivity index (χ2n) is 3.79. The average molecular weight is 319 g/mol. The van der Waals surface area contributed by atoms with E-state index in [1.54, 1.807) is 0 Å². The third-order valence-corrected chi connectivity index (χ3v) is 4.02. The number of aromatic nitrogens is 1. The molecule has 0 aliphatic carbocycles. The molecule has 1 aromatic carbocycles. The van der Waals surface area contributed by atoms with Crippen molar-refractivity contribution < 1.29 is 22.7 Å². The first-order chi connectivity index (χ1) is 9.29. The molecule has 3 N–H and O–H groups in total. The van der Waals surface area contributed by atoms with Crippen LogP contribution in [0, 0.1) is 5.82 Å². The molecule has 0 aliphatic heterocycles. The second kappa shape index (κ2) is 5.14. The molecule has 6 nitrogen and oxygen atoms in total. The van der Waals surface area contributed by atoms with Gasteiger partial charge >= 0.3 is 5.97 Å². The number of H-pyrrole nitrogens is 1. The minimum absolute atomic E-state index is 0.0643. The Morgan fingerprint density at radius 2 is 2.05 bits per heavy atom. The van der Waals surface area contributed by atoms with Gasteiger partial charge in [0, 0.05) is 6.20 Å². The lowest BCUT2D eigenvalue weighted by molar-refractivity contribution is 0.0691. The van der Waals surface area contributed by atoms with Crippen molar-refractivity contribution in [1.29, 1.82) is 0 Å². The van der Waals surface area contributed by atoms with Gasteiger partial charge in [-0.1, -0.05) is 11.6 Å². The molecule has 2 rings (SSSR count). The minimum Gasteiger partial charge on any atom is -0.477 e. The minimum atomic E-state index is -3.98. The molecule has 0 fully saturated rings. The molecular weight excluding hydrogens is 311 g/mol. The van der Waals surface area contributed by atoms with Gasteiger partial charge in [0.2, 0.25) is 0 Å². The van der Waals surface area contributed by atoms with E-state index in [4.69, 9.17) is 16.7 Å². The van der Waals surface area contributed by atoms with Gasteiger partial charge in [-0.3, -0.25) is 4.72 Å². The van der Waals surface area contributed by atoms with Crippen LogP contribution >= 0.6 is 11.6 Å². The van der Waals surface area contributed by atoms with Crippen LogP contribution in [0.5, 0.6) is 0 Å². The molecule has 9 heteroatoms. The summed E-state index contributed by atoms with van der Waals surface area (Å²) in [5, 5.41) is 8.48. The molecule has 1 aromatic heterocycles. The first-order valence-corrected chi connectivity index (χ1v) is 7.05. The first kappa shape index (κ1) is 14.4. The zero-order valence-corrected chi connectivity index (χ0v) is 11.3. The standard InChI is InChI=1S/C11H8ClFN2O4S/c12-8-3-6(1-2-9(8)13)15-20(18,19)7-4-10(11(16)17)14-5-7/h1-5,14-15H,(H,16,17). The molecule has 0 unspecified atom stereocenters. The zero-order chi connectivity index (χ0) is 14.9. The van der Waals surface area contributed by atoms with Gasteiger partial charge in [-0.15, -0.1) is 0 Å². The molecule has 20 heavy (non-hydrogen) atoms. The number of benzene rings is 1. The first-order valence-electron chi connectivity index (χ1n) is 5.19. The number of halogens is 2. The molecule has 0 radical (unpaired) electrons. The second-order valence-corrected chi connectivity index (χ2v) is 5.88. The molecule has 106 valence electrons. The van der Waals surface area contributed by atoms with Gasteiger partial charge < -0.3 is 10.1 Å². The summed E-state index contributed by atoms with van der Waals surface area (Å²) in [4.78, 5) is 12.7. The highest BCUT2D eigenvalue weighted by Crippen LogP contribution is 2.22. The Kier molecular flexibility index (Phi) is 3.69. The number of carboxylic acid groups (broad SMARTS) is 1. The Hall–Kier alpha value is -2.06. The smallest absolute Gasteiger partial charge is 0.352 e. The molecule has 0 aliphatic rings. The van der Waals surface area contributed by atoms with Crippen LogP contribution in [0.2, 0.25) is 5.02 Å². The number of anilines is 1. The zero-order valence-electron chi connectivity index (χ0n) is 9.72. The maximum Gasteiger partial charge on any atom is 0.352 e. The van der Waals surface area contributed by atoms with Gasteiger partial charge in [-0.25, -0.2) is 17.6 Å². The average Bonchev–Trinajstić information content (AvgIpc) is 2.84. The van der Waals surface area contributed by atoms with Crippen molar-refractivity contribution in [3.8, 4) is 0 Å². The van der Waals surface area contributed by atoms with E-state index in [-0.39, 0.29) is 21.3 Å². The van der Waals surface area contributed by atoms with E-state index in [2.05, 4.69) is 9.71 Å². The SMILES string of the molecule is O=C(O)c1cc(S(=O)(=O)Nc2ccc(F)c(Cl)c2)c[nH]1. The lowest BCUT2D eigenvalue weighted by atomic mass is 10.3. The number of aromatic amines is 1. The summed E-state index contributed by atoms with van der Waals surface area (Å²) < 4.78 is 39.1. The van der Waals surface area contributed by atoms with Gasteiger partial charge in [0.05, 0.1) is 10.7 Å². The highest BCUT2D eigenvalue weighted by atomic mass is 35.5. The molecule has 0 saturated carbocycles. The number of hydrogen-bond donors (Lipinski definition) is 3. The van der Waals surface area contributed by atoms with Gasteiger partial charge in [0.15, 0.2) is 0 Å². The van der Waals surface area contributed by atoms with Gasteiger partial charge in [-0.05, 0) is 24.3 Å². The largest absolute Gasteiger partial charge is 0.477 e. The fraction of sp³-hybridized carbons (Fsp3) is 0. The number of hydrogen-bond acceptors (Lipinski definition) is 3. The summed E-state index contributed by atoms with van der Waals surface area (Å²) in [7, 11) is -3.98. The summed E-state index contributed by atoms with van der Waals surface area (Å²) in [5.41, 5.74) is -0.197. The fourth-order valence-electron chi connectivity index (χ4n) is 1.43. The van der Waals surface area contributed by atoms with Crippen molar-refractivity contribution in [3.63, 3.8) is 0 Å². The van der Waals surface area contributed by atoms with Crippen LogP contribution in [0.25, 0.3) is 0 Å². The Bertz CT molecular complexity index is 772. The van der Waals surface area contributed by atoms with E-state index in [1.165, 1.54) is 6.07 Å². The highest BCUT2D eigenvalue weighted by Gasteiger charge is 2.18. The Morgan fingerprint density at radius 1 is 1.35 bits per heavy atom.